The lowest BCUT2D eigenvalue weighted by Gasteiger charge is -2.18. The maximum atomic E-state index is 9.59. The smallest absolute Gasteiger partial charge is 0.139 e. The van der Waals surface area contributed by atoms with Crippen LogP contribution in [0.25, 0.3) is 10.9 Å². The van der Waals surface area contributed by atoms with Crippen LogP contribution in [0.1, 0.15) is 30.2 Å². The first-order valence-electron chi connectivity index (χ1n) is 9.79. The Morgan fingerprint density at radius 2 is 1.68 bits per heavy atom. The van der Waals surface area contributed by atoms with Crippen molar-refractivity contribution in [3.05, 3.63) is 47.7 Å². The van der Waals surface area contributed by atoms with Crippen molar-refractivity contribution < 1.29 is 5.11 Å². The number of hydrogen-bond donors (Lipinski definition) is 1. The normalized spacial score (nSPS) is 14.0. The molecule has 1 aromatic carbocycles. The number of aryl methyl sites for hydroxylation is 2. The van der Waals surface area contributed by atoms with Crippen LogP contribution in [-0.2, 0) is 19.4 Å². The topological polar surface area (TPSA) is 78.3 Å². The number of rotatable bonds is 6. The largest absolute Gasteiger partial charge is 0.390 e. The van der Waals surface area contributed by atoms with Crippen LogP contribution in [0.15, 0.2) is 30.3 Å². The van der Waals surface area contributed by atoms with Crippen LogP contribution in [0.5, 0.6) is 0 Å². The molecule has 3 heterocycles. The number of benzene rings is 1. The molecule has 0 aliphatic carbocycles. The average Bonchev–Trinajstić information content (AvgIpc) is 3.26. The van der Waals surface area contributed by atoms with Gasteiger partial charge in [-0.2, -0.15) is 0 Å². The van der Waals surface area contributed by atoms with E-state index in [1.54, 1.807) is 0 Å². The molecular weight excluding hydrogens is 352 g/mol. The first kappa shape index (κ1) is 18.6. The molecule has 146 valence electrons. The Balaban J connectivity index is 1.59. The van der Waals surface area contributed by atoms with E-state index in [2.05, 4.69) is 9.88 Å². The van der Waals surface area contributed by atoms with Crippen molar-refractivity contribution in [3.63, 3.8) is 0 Å². The van der Waals surface area contributed by atoms with Gasteiger partial charge in [-0.05, 0) is 25.0 Å². The van der Waals surface area contributed by atoms with Crippen molar-refractivity contribution in [1.29, 1.82) is 0 Å². The minimum absolute atomic E-state index is 0.0758. The van der Waals surface area contributed by atoms with Crippen molar-refractivity contribution in [1.82, 2.24) is 19.9 Å². The zero-order valence-corrected chi connectivity index (χ0v) is 16.5. The molecule has 0 saturated carbocycles. The molecule has 28 heavy (non-hydrogen) atoms. The summed E-state index contributed by atoms with van der Waals surface area (Å²) in [5, 5.41) is 10.6. The molecule has 0 amide bonds. The van der Waals surface area contributed by atoms with Gasteiger partial charge in [0, 0.05) is 51.5 Å². The van der Waals surface area contributed by atoms with E-state index in [0.29, 0.717) is 18.5 Å². The summed E-state index contributed by atoms with van der Waals surface area (Å²) in [5.41, 5.74) is 1.61. The molecule has 3 aromatic rings. The van der Waals surface area contributed by atoms with Gasteiger partial charge >= 0.3 is 0 Å². The first-order valence-corrected chi connectivity index (χ1v) is 9.79. The molecule has 1 fully saturated rings. The van der Waals surface area contributed by atoms with E-state index < -0.39 is 0 Å². The van der Waals surface area contributed by atoms with E-state index in [9.17, 15) is 5.11 Å². The molecule has 1 N–H and O–H groups in total. The van der Waals surface area contributed by atoms with E-state index in [-0.39, 0.29) is 6.61 Å². The van der Waals surface area contributed by atoms with Gasteiger partial charge in [-0.25, -0.2) is 19.9 Å². The Morgan fingerprint density at radius 1 is 0.964 bits per heavy atom. The number of hydrogen-bond acceptors (Lipinski definition) is 7. The Hall–Kier alpha value is -2.80. The summed E-state index contributed by atoms with van der Waals surface area (Å²) >= 11 is 0. The monoisotopic (exact) mass is 378 g/mol. The highest BCUT2D eigenvalue weighted by molar-refractivity contribution is 5.89. The zero-order valence-electron chi connectivity index (χ0n) is 16.5. The summed E-state index contributed by atoms with van der Waals surface area (Å²) in [4.78, 5) is 23.0. The molecule has 1 aliphatic heterocycles. The molecule has 7 heteroatoms. The standard InChI is InChI=1S/C21H26N6O/c1-26(2)21-16-7-3-4-8-17(16)23-19(25-21)10-9-18-22-15(14-28)13-20(24-18)27-11-5-6-12-27/h3-4,7-8,13,28H,5-6,9-12,14H2,1-2H3. The van der Waals surface area contributed by atoms with Crippen LogP contribution in [0.4, 0.5) is 11.6 Å². The average molecular weight is 378 g/mol. The number of aromatic nitrogens is 4. The van der Waals surface area contributed by atoms with Gasteiger partial charge in [-0.1, -0.05) is 12.1 Å². The van der Waals surface area contributed by atoms with Crippen molar-refractivity contribution in [2.45, 2.75) is 32.3 Å². The molecule has 2 aromatic heterocycles. The van der Waals surface area contributed by atoms with Crippen LogP contribution < -0.4 is 9.80 Å². The number of aliphatic hydroxyl groups excluding tert-OH is 1. The van der Waals surface area contributed by atoms with Crippen LogP contribution >= 0.6 is 0 Å². The molecule has 0 radical (unpaired) electrons. The Kier molecular flexibility index (Phi) is 5.34. The van der Waals surface area contributed by atoms with Gasteiger partial charge in [-0.15, -0.1) is 0 Å². The fraction of sp³-hybridized carbons (Fsp3) is 0.429. The van der Waals surface area contributed by atoms with Crippen LogP contribution in [0, 0.1) is 0 Å². The molecule has 1 saturated heterocycles. The molecule has 0 atom stereocenters. The summed E-state index contributed by atoms with van der Waals surface area (Å²) in [6.07, 6.45) is 3.66. The second-order valence-electron chi connectivity index (χ2n) is 7.36. The summed E-state index contributed by atoms with van der Waals surface area (Å²) in [7, 11) is 3.99. The van der Waals surface area contributed by atoms with E-state index in [4.69, 9.17) is 15.0 Å². The zero-order chi connectivity index (χ0) is 19.5. The lowest BCUT2D eigenvalue weighted by molar-refractivity contribution is 0.276. The summed E-state index contributed by atoms with van der Waals surface area (Å²) in [5.74, 6) is 3.35. The third-order valence-electron chi connectivity index (χ3n) is 5.03. The van der Waals surface area contributed by atoms with Gasteiger partial charge in [0.2, 0.25) is 0 Å². The molecule has 0 spiro atoms. The summed E-state index contributed by atoms with van der Waals surface area (Å²) < 4.78 is 0. The Labute approximate surface area is 165 Å². The van der Waals surface area contributed by atoms with Crippen LogP contribution in [0.3, 0.4) is 0 Å². The lowest BCUT2D eigenvalue weighted by Crippen LogP contribution is -2.20. The molecular formula is C21H26N6O. The molecule has 7 nitrogen and oxygen atoms in total. The van der Waals surface area contributed by atoms with E-state index in [1.807, 2.05) is 49.3 Å². The highest BCUT2D eigenvalue weighted by Gasteiger charge is 2.16. The predicted octanol–water partition coefficient (Wildman–Crippen LogP) is 2.36. The summed E-state index contributed by atoms with van der Waals surface area (Å²) in [6.45, 7) is 1.95. The highest BCUT2D eigenvalue weighted by Crippen LogP contribution is 2.23. The number of fused-ring (bicyclic) bond motifs is 1. The van der Waals surface area contributed by atoms with Crippen molar-refractivity contribution >= 4 is 22.5 Å². The number of nitrogens with zero attached hydrogens (tertiary/aromatic N) is 6. The van der Waals surface area contributed by atoms with Crippen molar-refractivity contribution in [2.24, 2.45) is 0 Å². The quantitative estimate of drug-likeness (QED) is 0.705. The maximum absolute atomic E-state index is 9.59. The van der Waals surface area contributed by atoms with Gasteiger partial charge in [-0.3, -0.25) is 0 Å². The molecule has 0 unspecified atom stereocenters. The predicted molar refractivity (Wildman–Crippen MR) is 111 cm³/mol. The van der Waals surface area contributed by atoms with Gasteiger partial charge in [0.1, 0.15) is 23.3 Å². The first-order chi connectivity index (χ1) is 13.6. The summed E-state index contributed by atoms with van der Waals surface area (Å²) in [6, 6.07) is 9.96. The molecule has 1 aliphatic rings. The van der Waals surface area contributed by atoms with E-state index in [0.717, 1.165) is 47.3 Å². The number of para-hydroxylation sites is 1. The van der Waals surface area contributed by atoms with E-state index in [1.165, 1.54) is 12.8 Å². The van der Waals surface area contributed by atoms with Crippen LogP contribution in [0.2, 0.25) is 0 Å². The van der Waals surface area contributed by atoms with Gasteiger partial charge in [0.15, 0.2) is 0 Å². The van der Waals surface area contributed by atoms with Crippen molar-refractivity contribution in [2.75, 3.05) is 37.0 Å². The van der Waals surface area contributed by atoms with Crippen molar-refractivity contribution in [3.8, 4) is 0 Å². The van der Waals surface area contributed by atoms with Gasteiger partial charge < -0.3 is 14.9 Å². The highest BCUT2D eigenvalue weighted by atomic mass is 16.3. The SMILES string of the molecule is CN(C)c1nc(CCc2nc(CO)cc(N3CCCC3)n2)nc2ccccc12. The minimum atomic E-state index is -0.0758. The van der Waals surface area contributed by atoms with Crippen LogP contribution in [-0.4, -0.2) is 52.2 Å². The number of aliphatic hydroxyl groups is 1. The fourth-order valence-electron chi connectivity index (χ4n) is 3.62. The minimum Gasteiger partial charge on any atom is -0.390 e. The maximum Gasteiger partial charge on any atom is 0.139 e. The lowest BCUT2D eigenvalue weighted by atomic mass is 10.2. The third kappa shape index (κ3) is 3.89. The fourth-order valence-corrected chi connectivity index (χ4v) is 3.62. The second kappa shape index (κ2) is 8.06. The second-order valence-corrected chi connectivity index (χ2v) is 7.36. The van der Waals surface area contributed by atoms with Gasteiger partial charge in [0.05, 0.1) is 17.8 Å². The van der Waals surface area contributed by atoms with E-state index >= 15 is 0 Å². The molecule has 4 rings (SSSR count). The number of anilines is 2. The Bertz CT molecular complexity index is 968. The molecule has 0 bridgehead atoms. The Morgan fingerprint density at radius 3 is 2.39 bits per heavy atom. The third-order valence-corrected chi connectivity index (χ3v) is 5.03. The van der Waals surface area contributed by atoms with Gasteiger partial charge in [0.25, 0.3) is 0 Å².